The van der Waals surface area contributed by atoms with Crippen LogP contribution < -0.4 is 5.32 Å². The Hall–Kier alpha value is -1.12. The first-order valence-corrected chi connectivity index (χ1v) is 7.04. The second-order valence-electron chi connectivity index (χ2n) is 5.43. The minimum Gasteiger partial charge on any atom is -0.312 e. The van der Waals surface area contributed by atoms with Crippen molar-refractivity contribution in [2.75, 3.05) is 13.1 Å². The van der Waals surface area contributed by atoms with Crippen LogP contribution in [0.3, 0.4) is 0 Å². The van der Waals surface area contributed by atoms with Crippen LogP contribution in [0, 0.1) is 0 Å². The Bertz CT molecular complexity index is 435. The van der Waals surface area contributed by atoms with Crippen molar-refractivity contribution in [3.63, 3.8) is 0 Å². The zero-order valence-electron chi connectivity index (χ0n) is 11.0. The van der Waals surface area contributed by atoms with Gasteiger partial charge in [-0.15, -0.1) is 6.58 Å². The summed E-state index contributed by atoms with van der Waals surface area (Å²) in [5, 5.41) is 3.45. The SMILES string of the molecule is C=CCN(Cc1cccc2c1CCNC2)C1CC1. The van der Waals surface area contributed by atoms with Gasteiger partial charge in [0.2, 0.25) is 0 Å². The second kappa shape index (κ2) is 5.25. The van der Waals surface area contributed by atoms with Crippen molar-refractivity contribution in [1.29, 1.82) is 0 Å². The summed E-state index contributed by atoms with van der Waals surface area (Å²) < 4.78 is 0. The van der Waals surface area contributed by atoms with Crippen LogP contribution in [0.15, 0.2) is 30.9 Å². The highest BCUT2D eigenvalue weighted by Gasteiger charge is 2.28. The first-order chi connectivity index (χ1) is 8.88. The van der Waals surface area contributed by atoms with Crippen molar-refractivity contribution >= 4 is 0 Å². The molecule has 1 aromatic rings. The maximum atomic E-state index is 3.89. The van der Waals surface area contributed by atoms with Gasteiger partial charge < -0.3 is 5.32 Å². The highest BCUT2D eigenvalue weighted by molar-refractivity contribution is 5.37. The number of nitrogens with zero attached hydrogens (tertiary/aromatic N) is 1. The summed E-state index contributed by atoms with van der Waals surface area (Å²) in [6.07, 6.45) is 5.95. The number of fused-ring (bicyclic) bond motifs is 1. The van der Waals surface area contributed by atoms with Crippen LogP contribution in [-0.2, 0) is 19.5 Å². The van der Waals surface area contributed by atoms with Crippen LogP contribution in [0.5, 0.6) is 0 Å². The van der Waals surface area contributed by atoms with E-state index in [1.54, 1.807) is 5.56 Å². The second-order valence-corrected chi connectivity index (χ2v) is 5.43. The monoisotopic (exact) mass is 242 g/mol. The van der Waals surface area contributed by atoms with E-state index in [9.17, 15) is 0 Å². The summed E-state index contributed by atoms with van der Waals surface area (Å²) in [5.41, 5.74) is 4.61. The number of rotatable bonds is 5. The standard InChI is InChI=1S/C16H22N2/c1-2-10-18(15-6-7-15)12-14-5-3-4-13-11-17-9-8-16(13)14/h2-5,15,17H,1,6-12H2. The molecule has 0 saturated heterocycles. The lowest BCUT2D eigenvalue weighted by Gasteiger charge is -2.25. The Morgan fingerprint density at radius 2 is 2.28 bits per heavy atom. The van der Waals surface area contributed by atoms with Crippen molar-refractivity contribution in [1.82, 2.24) is 10.2 Å². The number of benzene rings is 1. The van der Waals surface area contributed by atoms with E-state index in [1.807, 2.05) is 6.08 Å². The van der Waals surface area contributed by atoms with Crippen LogP contribution in [0.4, 0.5) is 0 Å². The summed E-state index contributed by atoms with van der Waals surface area (Å²) in [6, 6.07) is 7.59. The molecule has 1 aromatic carbocycles. The average Bonchev–Trinajstić information content (AvgIpc) is 3.23. The highest BCUT2D eigenvalue weighted by atomic mass is 15.2. The van der Waals surface area contributed by atoms with Crippen LogP contribution >= 0.6 is 0 Å². The molecule has 0 atom stereocenters. The van der Waals surface area contributed by atoms with Crippen LogP contribution in [0.1, 0.15) is 29.5 Å². The van der Waals surface area contributed by atoms with Crippen molar-refractivity contribution in [2.45, 2.75) is 38.4 Å². The topological polar surface area (TPSA) is 15.3 Å². The van der Waals surface area contributed by atoms with E-state index in [0.717, 1.165) is 32.2 Å². The molecule has 0 amide bonds. The molecule has 2 nitrogen and oxygen atoms in total. The molecule has 2 aliphatic rings. The van der Waals surface area contributed by atoms with Gasteiger partial charge in [0.1, 0.15) is 0 Å². The summed E-state index contributed by atoms with van der Waals surface area (Å²) in [6.45, 7) is 8.16. The molecule has 1 fully saturated rings. The van der Waals surface area contributed by atoms with Crippen molar-refractivity contribution in [3.8, 4) is 0 Å². The molecule has 2 heteroatoms. The van der Waals surface area contributed by atoms with E-state index in [2.05, 4.69) is 35.0 Å². The molecule has 96 valence electrons. The Morgan fingerprint density at radius 1 is 1.39 bits per heavy atom. The van der Waals surface area contributed by atoms with Gasteiger partial charge >= 0.3 is 0 Å². The molecule has 0 spiro atoms. The lowest BCUT2D eigenvalue weighted by molar-refractivity contribution is 0.282. The van der Waals surface area contributed by atoms with Gasteiger partial charge in [-0.25, -0.2) is 0 Å². The lowest BCUT2D eigenvalue weighted by atomic mass is 9.95. The molecule has 0 aromatic heterocycles. The fourth-order valence-corrected chi connectivity index (χ4v) is 2.93. The molecule has 0 radical (unpaired) electrons. The van der Waals surface area contributed by atoms with E-state index in [-0.39, 0.29) is 0 Å². The zero-order chi connectivity index (χ0) is 12.4. The van der Waals surface area contributed by atoms with Gasteiger partial charge in [0.25, 0.3) is 0 Å². The Kier molecular flexibility index (Phi) is 3.48. The molecular formula is C16H22N2. The fourth-order valence-electron chi connectivity index (χ4n) is 2.93. The molecule has 18 heavy (non-hydrogen) atoms. The van der Waals surface area contributed by atoms with E-state index >= 15 is 0 Å². The largest absolute Gasteiger partial charge is 0.312 e. The quantitative estimate of drug-likeness (QED) is 0.798. The number of hydrogen-bond donors (Lipinski definition) is 1. The lowest BCUT2D eigenvalue weighted by Crippen LogP contribution is -2.29. The average molecular weight is 242 g/mol. The first-order valence-electron chi connectivity index (χ1n) is 7.04. The van der Waals surface area contributed by atoms with Crippen LogP contribution in [-0.4, -0.2) is 24.0 Å². The van der Waals surface area contributed by atoms with Crippen LogP contribution in [0.25, 0.3) is 0 Å². The van der Waals surface area contributed by atoms with Gasteiger partial charge in [0.15, 0.2) is 0 Å². The maximum Gasteiger partial charge on any atom is 0.0242 e. The van der Waals surface area contributed by atoms with E-state index in [0.29, 0.717) is 0 Å². The predicted molar refractivity (Wildman–Crippen MR) is 75.5 cm³/mol. The predicted octanol–water partition coefficient (Wildman–Crippen LogP) is 2.48. The van der Waals surface area contributed by atoms with Crippen LogP contribution in [0.2, 0.25) is 0 Å². The molecule has 3 rings (SSSR count). The molecule has 1 aliphatic heterocycles. The molecule has 1 N–H and O–H groups in total. The normalized spacial score (nSPS) is 18.7. The third-order valence-corrected chi connectivity index (χ3v) is 4.04. The number of hydrogen-bond acceptors (Lipinski definition) is 2. The Labute approximate surface area is 110 Å². The zero-order valence-corrected chi connectivity index (χ0v) is 11.0. The van der Waals surface area contributed by atoms with Crippen molar-refractivity contribution in [3.05, 3.63) is 47.5 Å². The van der Waals surface area contributed by atoms with Gasteiger partial charge in [-0.05, 0) is 42.5 Å². The van der Waals surface area contributed by atoms with E-state index in [4.69, 9.17) is 0 Å². The van der Waals surface area contributed by atoms with Crippen molar-refractivity contribution in [2.24, 2.45) is 0 Å². The van der Waals surface area contributed by atoms with Gasteiger partial charge in [-0.1, -0.05) is 24.3 Å². The third-order valence-electron chi connectivity index (χ3n) is 4.04. The minimum atomic E-state index is 0.806. The summed E-state index contributed by atoms with van der Waals surface area (Å²) in [7, 11) is 0. The Morgan fingerprint density at radius 3 is 3.06 bits per heavy atom. The fraction of sp³-hybridized carbons (Fsp3) is 0.500. The third kappa shape index (κ3) is 2.50. The molecule has 0 bridgehead atoms. The Balaban J connectivity index is 1.80. The summed E-state index contributed by atoms with van der Waals surface area (Å²) in [4.78, 5) is 2.57. The maximum absolute atomic E-state index is 3.89. The smallest absolute Gasteiger partial charge is 0.0242 e. The summed E-state index contributed by atoms with van der Waals surface area (Å²) >= 11 is 0. The van der Waals surface area contributed by atoms with Gasteiger partial charge in [-0.3, -0.25) is 4.90 Å². The van der Waals surface area contributed by atoms with E-state index in [1.165, 1.54) is 30.4 Å². The molecule has 0 unspecified atom stereocenters. The van der Waals surface area contributed by atoms with E-state index < -0.39 is 0 Å². The molecular weight excluding hydrogens is 220 g/mol. The van der Waals surface area contributed by atoms with Crippen molar-refractivity contribution < 1.29 is 0 Å². The van der Waals surface area contributed by atoms with Gasteiger partial charge in [0, 0.05) is 25.7 Å². The molecule has 1 aliphatic carbocycles. The first kappa shape index (κ1) is 11.9. The number of nitrogens with one attached hydrogen (secondary N) is 1. The summed E-state index contributed by atoms with van der Waals surface area (Å²) in [5.74, 6) is 0. The molecule has 1 saturated carbocycles. The van der Waals surface area contributed by atoms with Gasteiger partial charge in [-0.2, -0.15) is 0 Å². The van der Waals surface area contributed by atoms with Gasteiger partial charge in [0.05, 0.1) is 0 Å². The molecule has 1 heterocycles. The minimum absolute atomic E-state index is 0.806. The highest BCUT2D eigenvalue weighted by Crippen LogP contribution is 2.29.